The van der Waals surface area contributed by atoms with E-state index in [1.54, 1.807) is 6.08 Å². The van der Waals surface area contributed by atoms with Crippen molar-refractivity contribution in [3.05, 3.63) is 72.3 Å². The number of pyridine rings is 1. The Kier molecular flexibility index (Phi) is 4.29. The van der Waals surface area contributed by atoms with Gasteiger partial charge in [-0.3, -0.25) is 0 Å². The molecule has 0 saturated carbocycles. The zero-order chi connectivity index (χ0) is 17.1. The fourth-order valence-corrected chi connectivity index (χ4v) is 2.75. The molecule has 2 N–H and O–H groups in total. The molecule has 0 radical (unpaired) electrons. The van der Waals surface area contributed by atoms with Crippen LogP contribution >= 0.6 is 0 Å². The molecule has 1 heterocycles. The van der Waals surface area contributed by atoms with E-state index in [1.165, 1.54) is 0 Å². The van der Waals surface area contributed by atoms with Gasteiger partial charge in [0.25, 0.3) is 0 Å². The minimum atomic E-state index is -1.00. The minimum absolute atomic E-state index is 0.182. The van der Waals surface area contributed by atoms with Gasteiger partial charge in [-0.25, -0.2) is 9.78 Å². The Labute approximate surface area is 140 Å². The molecule has 0 aliphatic heterocycles. The summed E-state index contributed by atoms with van der Waals surface area (Å²) in [5.74, 6) is -1.00. The predicted octanol–water partition coefficient (Wildman–Crippen LogP) is 4.51. The van der Waals surface area contributed by atoms with E-state index in [-0.39, 0.29) is 5.56 Å². The standard InChI is InChI=1S/C20H18N2O2/c1-3-11-21-19-15-12-13(2)9-10-16(15)22-18(17(19)20(23)24)14-7-5-4-6-8-14/h3-10,12H,1,11H2,2H3,(H,21,22)(H,23,24). The van der Waals surface area contributed by atoms with Crippen LogP contribution in [0.2, 0.25) is 0 Å². The number of rotatable bonds is 5. The first kappa shape index (κ1) is 15.7. The van der Waals surface area contributed by atoms with Crippen LogP contribution in [0.1, 0.15) is 15.9 Å². The van der Waals surface area contributed by atoms with Crippen molar-refractivity contribution >= 4 is 22.6 Å². The first-order valence-electron chi connectivity index (χ1n) is 7.69. The lowest BCUT2D eigenvalue weighted by Gasteiger charge is -2.16. The molecule has 0 aliphatic carbocycles. The summed E-state index contributed by atoms with van der Waals surface area (Å²) in [5.41, 5.74) is 3.81. The Morgan fingerprint density at radius 2 is 2.00 bits per heavy atom. The van der Waals surface area contributed by atoms with E-state index in [4.69, 9.17) is 0 Å². The molecule has 0 bridgehead atoms. The first-order chi connectivity index (χ1) is 11.6. The molecule has 120 valence electrons. The molecule has 3 rings (SSSR count). The van der Waals surface area contributed by atoms with Crippen LogP contribution in [-0.2, 0) is 0 Å². The maximum Gasteiger partial charge on any atom is 0.340 e. The van der Waals surface area contributed by atoms with Crippen molar-refractivity contribution in [1.29, 1.82) is 0 Å². The van der Waals surface area contributed by atoms with Gasteiger partial charge in [-0.1, -0.05) is 48.0 Å². The van der Waals surface area contributed by atoms with E-state index in [0.29, 0.717) is 17.9 Å². The lowest BCUT2D eigenvalue weighted by Crippen LogP contribution is -2.10. The summed E-state index contributed by atoms with van der Waals surface area (Å²) in [6, 6.07) is 15.2. The molecular formula is C20H18N2O2. The van der Waals surface area contributed by atoms with Crippen molar-refractivity contribution < 1.29 is 9.90 Å². The molecule has 0 amide bonds. The number of aromatic carboxylic acids is 1. The van der Waals surface area contributed by atoms with Crippen molar-refractivity contribution in [3.63, 3.8) is 0 Å². The van der Waals surface area contributed by atoms with E-state index in [2.05, 4.69) is 16.9 Å². The lowest BCUT2D eigenvalue weighted by atomic mass is 9.99. The van der Waals surface area contributed by atoms with Gasteiger partial charge in [-0.05, 0) is 19.1 Å². The van der Waals surface area contributed by atoms with Gasteiger partial charge in [-0.2, -0.15) is 0 Å². The Hall–Kier alpha value is -3.14. The third-order valence-electron chi connectivity index (χ3n) is 3.82. The third-order valence-corrected chi connectivity index (χ3v) is 3.82. The van der Waals surface area contributed by atoms with Gasteiger partial charge in [0.05, 0.1) is 16.9 Å². The Balaban J connectivity index is 2.39. The number of hydrogen-bond acceptors (Lipinski definition) is 3. The van der Waals surface area contributed by atoms with Gasteiger partial charge in [0, 0.05) is 17.5 Å². The Morgan fingerprint density at radius 3 is 2.67 bits per heavy atom. The maximum atomic E-state index is 12.0. The highest BCUT2D eigenvalue weighted by Crippen LogP contribution is 2.34. The number of carbonyl (C=O) groups is 1. The number of anilines is 1. The van der Waals surface area contributed by atoms with Crippen molar-refractivity contribution in [2.24, 2.45) is 0 Å². The summed E-state index contributed by atoms with van der Waals surface area (Å²) in [5, 5.41) is 13.8. The average molecular weight is 318 g/mol. The van der Waals surface area contributed by atoms with E-state index in [0.717, 1.165) is 22.0 Å². The van der Waals surface area contributed by atoms with Crippen molar-refractivity contribution in [3.8, 4) is 11.3 Å². The number of aromatic nitrogens is 1. The zero-order valence-corrected chi connectivity index (χ0v) is 13.4. The molecule has 0 unspecified atom stereocenters. The highest BCUT2D eigenvalue weighted by atomic mass is 16.4. The molecule has 0 spiro atoms. The third kappa shape index (κ3) is 2.86. The molecule has 1 aromatic heterocycles. The number of carboxylic acids is 1. The fourth-order valence-electron chi connectivity index (χ4n) is 2.75. The molecule has 0 aliphatic rings. The zero-order valence-electron chi connectivity index (χ0n) is 13.4. The second kappa shape index (κ2) is 6.54. The summed E-state index contributed by atoms with van der Waals surface area (Å²) < 4.78 is 0. The van der Waals surface area contributed by atoms with E-state index >= 15 is 0 Å². The molecule has 24 heavy (non-hydrogen) atoms. The van der Waals surface area contributed by atoms with Gasteiger partial charge in [-0.15, -0.1) is 6.58 Å². The molecule has 2 aromatic carbocycles. The highest BCUT2D eigenvalue weighted by Gasteiger charge is 2.21. The quantitative estimate of drug-likeness (QED) is 0.680. The van der Waals surface area contributed by atoms with Gasteiger partial charge in [0.15, 0.2) is 0 Å². The number of carboxylic acid groups (broad SMARTS) is 1. The molecule has 0 saturated heterocycles. The van der Waals surface area contributed by atoms with Crippen molar-refractivity contribution in [2.45, 2.75) is 6.92 Å². The number of nitrogens with one attached hydrogen (secondary N) is 1. The van der Waals surface area contributed by atoms with E-state index in [1.807, 2.05) is 55.5 Å². The predicted molar refractivity (Wildman–Crippen MR) is 97.6 cm³/mol. The van der Waals surface area contributed by atoms with Crippen LogP contribution in [0.3, 0.4) is 0 Å². The van der Waals surface area contributed by atoms with Crippen LogP contribution in [0.4, 0.5) is 5.69 Å². The van der Waals surface area contributed by atoms with Gasteiger partial charge in [0.2, 0.25) is 0 Å². The number of fused-ring (bicyclic) bond motifs is 1. The fraction of sp³-hybridized carbons (Fsp3) is 0.100. The Bertz CT molecular complexity index is 918. The van der Waals surface area contributed by atoms with Crippen molar-refractivity contribution in [1.82, 2.24) is 4.98 Å². The molecular weight excluding hydrogens is 300 g/mol. The Morgan fingerprint density at radius 1 is 1.25 bits per heavy atom. The van der Waals surface area contributed by atoms with Crippen LogP contribution < -0.4 is 5.32 Å². The monoisotopic (exact) mass is 318 g/mol. The van der Waals surface area contributed by atoms with E-state index < -0.39 is 5.97 Å². The highest BCUT2D eigenvalue weighted by molar-refractivity contribution is 6.09. The molecule has 4 heteroatoms. The summed E-state index contributed by atoms with van der Waals surface area (Å²) >= 11 is 0. The summed E-state index contributed by atoms with van der Waals surface area (Å²) in [6.07, 6.45) is 1.70. The molecule has 4 nitrogen and oxygen atoms in total. The van der Waals surface area contributed by atoms with Crippen molar-refractivity contribution in [2.75, 3.05) is 11.9 Å². The van der Waals surface area contributed by atoms with Gasteiger partial charge < -0.3 is 10.4 Å². The molecule has 0 atom stereocenters. The SMILES string of the molecule is C=CCNc1c(C(=O)O)c(-c2ccccc2)nc2ccc(C)cc12. The van der Waals surface area contributed by atoms with Crippen LogP contribution in [0, 0.1) is 6.92 Å². The largest absolute Gasteiger partial charge is 0.478 e. The summed E-state index contributed by atoms with van der Waals surface area (Å²) in [6.45, 7) is 6.15. The number of benzene rings is 2. The van der Waals surface area contributed by atoms with Crippen LogP contribution in [0.25, 0.3) is 22.2 Å². The number of hydrogen-bond donors (Lipinski definition) is 2. The average Bonchev–Trinajstić information content (AvgIpc) is 2.59. The maximum absolute atomic E-state index is 12.0. The van der Waals surface area contributed by atoms with Gasteiger partial charge >= 0.3 is 5.97 Å². The second-order valence-corrected chi connectivity index (χ2v) is 5.57. The van der Waals surface area contributed by atoms with Crippen LogP contribution in [0.15, 0.2) is 61.2 Å². The normalized spacial score (nSPS) is 10.5. The first-order valence-corrected chi connectivity index (χ1v) is 7.69. The summed E-state index contributed by atoms with van der Waals surface area (Å²) in [4.78, 5) is 16.6. The minimum Gasteiger partial charge on any atom is -0.478 e. The molecule has 0 fully saturated rings. The van der Waals surface area contributed by atoms with Gasteiger partial charge in [0.1, 0.15) is 5.56 Å². The lowest BCUT2D eigenvalue weighted by molar-refractivity contribution is 0.0698. The smallest absolute Gasteiger partial charge is 0.340 e. The topological polar surface area (TPSA) is 62.2 Å². The van der Waals surface area contributed by atoms with E-state index in [9.17, 15) is 9.90 Å². The summed E-state index contributed by atoms with van der Waals surface area (Å²) in [7, 11) is 0. The second-order valence-electron chi connectivity index (χ2n) is 5.57. The number of aryl methyl sites for hydroxylation is 1. The van der Waals surface area contributed by atoms with Crippen LogP contribution in [-0.4, -0.2) is 22.6 Å². The number of nitrogens with zero attached hydrogens (tertiary/aromatic N) is 1. The molecule has 3 aromatic rings. The van der Waals surface area contributed by atoms with Crippen LogP contribution in [0.5, 0.6) is 0 Å².